The van der Waals surface area contributed by atoms with Gasteiger partial charge in [0.2, 0.25) is 5.90 Å². The quantitative estimate of drug-likeness (QED) is 0.334. The van der Waals surface area contributed by atoms with Gasteiger partial charge < -0.3 is 9.47 Å². The van der Waals surface area contributed by atoms with Crippen LogP contribution in [0.3, 0.4) is 0 Å². The average Bonchev–Trinajstić information content (AvgIpc) is 3.12. The molecule has 0 aliphatic carbocycles. The lowest BCUT2D eigenvalue weighted by atomic mass is 10.0. The van der Waals surface area contributed by atoms with Gasteiger partial charge in [-0.05, 0) is 47.2 Å². The van der Waals surface area contributed by atoms with E-state index in [0.29, 0.717) is 36.1 Å². The minimum atomic E-state index is -0.329. The van der Waals surface area contributed by atoms with E-state index in [0.717, 1.165) is 28.2 Å². The van der Waals surface area contributed by atoms with Crippen LogP contribution in [-0.2, 0) is 18.4 Å². The Labute approximate surface area is 189 Å². The van der Waals surface area contributed by atoms with Crippen molar-refractivity contribution in [1.29, 1.82) is 0 Å². The first-order valence-electron chi connectivity index (χ1n) is 10.2. The van der Waals surface area contributed by atoms with Crippen molar-refractivity contribution in [2.75, 3.05) is 6.61 Å². The number of aryl methyl sites for hydroxylation is 2. The molecule has 0 amide bonds. The van der Waals surface area contributed by atoms with Crippen molar-refractivity contribution in [2.24, 2.45) is 17.3 Å². The predicted octanol–water partition coefficient (Wildman–Crippen LogP) is 3.44. The smallest absolute Gasteiger partial charge is 0.368 e. The summed E-state index contributed by atoms with van der Waals surface area (Å²) in [4.78, 5) is 12.3. The molecule has 2 aromatic carbocycles. The van der Waals surface area contributed by atoms with Crippen LogP contribution in [-0.4, -0.2) is 38.0 Å². The Hall–Kier alpha value is -3.46. The predicted molar refractivity (Wildman–Crippen MR) is 122 cm³/mol. The topological polar surface area (TPSA) is 95.9 Å². The van der Waals surface area contributed by atoms with Gasteiger partial charge >= 0.3 is 5.69 Å². The van der Waals surface area contributed by atoms with E-state index < -0.39 is 0 Å². The van der Waals surface area contributed by atoms with E-state index >= 15 is 0 Å². The van der Waals surface area contributed by atoms with Gasteiger partial charge in [0.1, 0.15) is 12.4 Å². The summed E-state index contributed by atoms with van der Waals surface area (Å²) in [5.74, 6) is 1.22. The van der Waals surface area contributed by atoms with Gasteiger partial charge in [-0.15, -0.1) is 5.10 Å². The highest BCUT2D eigenvalue weighted by molar-refractivity contribution is 6.31. The molecule has 0 unspecified atom stereocenters. The van der Waals surface area contributed by atoms with E-state index in [4.69, 9.17) is 21.1 Å². The molecule has 2 heterocycles. The highest BCUT2D eigenvalue weighted by Crippen LogP contribution is 2.28. The molecule has 0 radical (unpaired) electrons. The second kappa shape index (κ2) is 9.35. The van der Waals surface area contributed by atoms with Crippen LogP contribution < -0.4 is 10.4 Å². The van der Waals surface area contributed by atoms with Crippen LogP contribution in [0, 0.1) is 6.92 Å². The SMILES string of the molecule is CC/C(=N/N=C1CCOc2ccc(Cl)cc21)OCc1c(C)cccc1-n1nnn(C)c1=O. The second-order valence-corrected chi connectivity index (χ2v) is 7.73. The summed E-state index contributed by atoms with van der Waals surface area (Å²) in [7, 11) is 1.56. The van der Waals surface area contributed by atoms with Gasteiger partial charge in [-0.3, -0.25) is 0 Å². The van der Waals surface area contributed by atoms with E-state index in [2.05, 4.69) is 20.6 Å². The van der Waals surface area contributed by atoms with Crippen LogP contribution in [0.15, 0.2) is 51.4 Å². The first kappa shape index (κ1) is 21.8. The lowest BCUT2D eigenvalue weighted by Crippen LogP contribution is -2.23. The minimum Gasteiger partial charge on any atom is -0.492 e. The molecule has 3 aromatic rings. The van der Waals surface area contributed by atoms with Gasteiger partial charge in [-0.2, -0.15) is 14.5 Å². The van der Waals surface area contributed by atoms with Gasteiger partial charge in [0.05, 0.1) is 18.0 Å². The van der Waals surface area contributed by atoms with Gasteiger partial charge in [0.25, 0.3) is 0 Å². The molecule has 0 atom stereocenters. The minimum absolute atomic E-state index is 0.216. The van der Waals surface area contributed by atoms with Gasteiger partial charge in [-0.1, -0.05) is 30.7 Å². The Morgan fingerprint density at radius 3 is 2.88 bits per heavy atom. The standard InChI is InChI=1S/C22H23ClN6O3/c1-4-21(25-24-18-10-11-31-20-9-8-15(23)12-16(18)20)32-13-17-14(2)6-5-7-19(17)29-22(30)28(3)26-27-29/h5-9,12H,4,10-11,13H2,1-3H3/b24-18?,25-21-. The molecule has 9 nitrogen and oxygen atoms in total. The van der Waals surface area contributed by atoms with Crippen LogP contribution in [0.5, 0.6) is 5.75 Å². The molecule has 0 saturated carbocycles. The number of tetrazole rings is 1. The number of aromatic nitrogens is 4. The number of halogens is 1. The van der Waals surface area contributed by atoms with Crippen LogP contribution in [0.1, 0.15) is 36.5 Å². The van der Waals surface area contributed by atoms with E-state index in [9.17, 15) is 4.79 Å². The third-order valence-corrected chi connectivity index (χ3v) is 5.39. The molecule has 0 bridgehead atoms. The molecule has 32 heavy (non-hydrogen) atoms. The van der Waals surface area contributed by atoms with Crippen molar-refractivity contribution >= 4 is 23.2 Å². The summed E-state index contributed by atoms with van der Waals surface area (Å²) in [5.41, 5.74) is 3.72. The second-order valence-electron chi connectivity index (χ2n) is 7.29. The Morgan fingerprint density at radius 2 is 2.12 bits per heavy atom. The number of hydrogen-bond acceptors (Lipinski definition) is 7. The highest BCUT2D eigenvalue weighted by Gasteiger charge is 2.18. The first-order valence-corrected chi connectivity index (χ1v) is 10.6. The molecule has 1 aliphatic heterocycles. The number of benzene rings is 2. The Kier molecular flexibility index (Phi) is 6.36. The highest BCUT2D eigenvalue weighted by atomic mass is 35.5. The third-order valence-electron chi connectivity index (χ3n) is 5.15. The number of hydrogen-bond donors (Lipinski definition) is 0. The summed E-state index contributed by atoms with van der Waals surface area (Å²) in [6.07, 6.45) is 1.19. The largest absolute Gasteiger partial charge is 0.492 e. The van der Waals surface area contributed by atoms with Crippen molar-refractivity contribution in [1.82, 2.24) is 19.8 Å². The van der Waals surface area contributed by atoms with Crippen molar-refractivity contribution < 1.29 is 9.47 Å². The maximum Gasteiger partial charge on any atom is 0.368 e. The molecule has 0 N–H and O–H groups in total. The monoisotopic (exact) mass is 454 g/mol. The Balaban J connectivity index is 1.59. The van der Waals surface area contributed by atoms with E-state index in [-0.39, 0.29) is 12.3 Å². The van der Waals surface area contributed by atoms with Crippen LogP contribution in [0.2, 0.25) is 5.02 Å². The molecule has 0 spiro atoms. The van der Waals surface area contributed by atoms with Gasteiger partial charge in [0, 0.05) is 36.0 Å². The number of ether oxygens (including phenoxy) is 2. The maximum atomic E-state index is 12.3. The number of fused-ring (bicyclic) bond motifs is 1. The number of nitrogens with zero attached hydrogens (tertiary/aromatic N) is 6. The zero-order chi connectivity index (χ0) is 22.7. The van der Waals surface area contributed by atoms with Crippen LogP contribution in [0.25, 0.3) is 5.69 Å². The maximum absolute atomic E-state index is 12.3. The van der Waals surface area contributed by atoms with Gasteiger partial charge in [0.15, 0.2) is 0 Å². The first-order chi connectivity index (χ1) is 15.5. The number of rotatable bonds is 5. The fraction of sp³-hybridized carbons (Fsp3) is 0.318. The molecular formula is C22H23ClN6O3. The normalized spacial score (nSPS) is 14.9. The average molecular weight is 455 g/mol. The van der Waals surface area contributed by atoms with E-state index in [1.54, 1.807) is 13.1 Å². The van der Waals surface area contributed by atoms with Crippen molar-refractivity contribution in [2.45, 2.75) is 33.3 Å². The van der Waals surface area contributed by atoms with Crippen molar-refractivity contribution in [3.63, 3.8) is 0 Å². The van der Waals surface area contributed by atoms with Crippen LogP contribution in [0.4, 0.5) is 0 Å². The Morgan fingerprint density at radius 1 is 1.28 bits per heavy atom. The molecular weight excluding hydrogens is 432 g/mol. The Bertz CT molecular complexity index is 1260. The zero-order valence-electron chi connectivity index (χ0n) is 18.1. The fourth-order valence-corrected chi connectivity index (χ4v) is 3.53. The molecule has 10 heteroatoms. The fourth-order valence-electron chi connectivity index (χ4n) is 3.36. The summed E-state index contributed by atoms with van der Waals surface area (Å²) in [5, 5.41) is 17.1. The van der Waals surface area contributed by atoms with E-state index in [1.165, 1.54) is 9.36 Å². The molecule has 0 saturated heterocycles. The zero-order valence-corrected chi connectivity index (χ0v) is 18.8. The molecule has 4 rings (SSSR count). The van der Waals surface area contributed by atoms with E-state index in [1.807, 2.05) is 44.2 Å². The summed E-state index contributed by atoms with van der Waals surface area (Å²) >= 11 is 6.14. The van der Waals surface area contributed by atoms with Gasteiger partial charge in [-0.25, -0.2) is 4.79 Å². The third kappa shape index (κ3) is 4.43. The molecule has 1 aliphatic rings. The van der Waals surface area contributed by atoms with Crippen LogP contribution >= 0.6 is 11.6 Å². The molecule has 166 valence electrons. The summed E-state index contributed by atoms with van der Waals surface area (Å²) in [6.45, 7) is 4.65. The lowest BCUT2D eigenvalue weighted by Gasteiger charge is -2.18. The summed E-state index contributed by atoms with van der Waals surface area (Å²) < 4.78 is 14.1. The molecule has 1 aromatic heterocycles. The molecule has 0 fully saturated rings. The summed E-state index contributed by atoms with van der Waals surface area (Å²) in [6, 6.07) is 11.1. The van der Waals surface area contributed by atoms with Crippen molar-refractivity contribution in [3.8, 4) is 11.4 Å². The lowest BCUT2D eigenvalue weighted by molar-refractivity contribution is 0.282. The van der Waals surface area contributed by atoms with Crippen molar-refractivity contribution in [3.05, 3.63) is 68.6 Å².